The van der Waals surface area contributed by atoms with Crippen LogP contribution in [-0.4, -0.2) is 73.6 Å². The Bertz CT molecular complexity index is 400. The fourth-order valence-corrected chi connectivity index (χ4v) is 3.26. The Morgan fingerprint density at radius 1 is 0.833 bits per heavy atom. The van der Waals surface area contributed by atoms with E-state index in [4.69, 9.17) is 11.7 Å². The summed E-state index contributed by atoms with van der Waals surface area (Å²) in [6.07, 6.45) is 0. The molecule has 0 bridgehead atoms. The molecule has 0 radical (unpaired) electrons. The molecular weight excluding hydrogens is 253 g/mol. The maximum absolute atomic E-state index is 5.90. The van der Waals surface area contributed by atoms with Crippen LogP contribution in [0, 0.1) is 0 Å². The summed E-state index contributed by atoms with van der Waals surface area (Å²) in [5, 5.41) is 0. The largest absolute Gasteiger partial charge is 0.347 e. The summed E-state index contributed by atoms with van der Waals surface area (Å²) in [5.74, 6) is 12.9. The van der Waals surface area contributed by atoms with Gasteiger partial charge < -0.3 is 9.80 Å². The summed E-state index contributed by atoms with van der Waals surface area (Å²) in [7, 11) is 8.33. The quantitative estimate of drug-likeness (QED) is 0.396. The van der Waals surface area contributed by atoms with Gasteiger partial charge in [0.25, 0.3) is 0 Å². The lowest BCUT2D eigenvalue weighted by Crippen LogP contribution is -2.39. The van der Waals surface area contributed by atoms with Crippen molar-refractivity contribution in [2.45, 2.75) is 0 Å². The average Bonchev–Trinajstić information content (AvgIpc) is 2.27. The molecule has 18 heavy (non-hydrogen) atoms. The Morgan fingerprint density at radius 3 is 1.61 bits per heavy atom. The monoisotopic (exact) mass is 275 g/mol. The van der Waals surface area contributed by atoms with Crippen LogP contribution in [0.25, 0.3) is 0 Å². The van der Waals surface area contributed by atoms with Crippen molar-refractivity contribution in [2.75, 3.05) is 42.3 Å². The molecule has 0 saturated carbocycles. The molecule has 1 heterocycles. The van der Waals surface area contributed by atoms with E-state index >= 15 is 0 Å². The Balaban J connectivity index is 3.46. The number of rotatable bonds is 2. The first-order chi connectivity index (χ1) is 8.20. The van der Waals surface area contributed by atoms with E-state index in [1.165, 1.54) is 9.56 Å². The summed E-state index contributed by atoms with van der Waals surface area (Å²) in [6.45, 7) is 0. The van der Waals surface area contributed by atoms with E-state index in [1.807, 2.05) is 28.2 Å². The molecule has 104 valence electrons. The van der Waals surface area contributed by atoms with Gasteiger partial charge in [-0.3, -0.25) is 11.7 Å². The molecule has 0 aromatic rings. The third-order valence-corrected chi connectivity index (χ3v) is 4.88. The van der Waals surface area contributed by atoms with Gasteiger partial charge in [0, 0.05) is 42.3 Å². The standard InChI is InChI=1S/C8H22N9P/c1-14(2)7-11-8(15(3)4)13-18(12-7,16(5)9)17(6)10/h9-10H2,1-6H3. The van der Waals surface area contributed by atoms with Crippen LogP contribution in [0.3, 0.4) is 0 Å². The van der Waals surface area contributed by atoms with Crippen LogP contribution < -0.4 is 11.7 Å². The molecule has 10 heteroatoms. The predicted octanol–water partition coefficient (Wildman–Crippen LogP) is -0.608. The van der Waals surface area contributed by atoms with Crippen molar-refractivity contribution in [3.05, 3.63) is 0 Å². The highest BCUT2D eigenvalue weighted by Gasteiger charge is 2.32. The summed E-state index contributed by atoms with van der Waals surface area (Å²) in [5.41, 5.74) is 0. The van der Waals surface area contributed by atoms with Crippen molar-refractivity contribution in [2.24, 2.45) is 26.2 Å². The van der Waals surface area contributed by atoms with Crippen LogP contribution in [-0.2, 0) is 0 Å². The summed E-state index contributed by atoms with van der Waals surface area (Å²) < 4.78 is 11.9. The van der Waals surface area contributed by atoms with E-state index in [9.17, 15) is 0 Å². The molecule has 0 unspecified atom stereocenters. The van der Waals surface area contributed by atoms with Gasteiger partial charge >= 0.3 is 0 Å². The van der Waals surface area contributed by atoms with E-state index in [0.29, 0.717) is 11.9 Å². The SMILES string of the molecule is CN(C)C1=NC(N(C)C)=NP(N(C)N)(N(C)N)=N1. The lowest BCUT2D eigenvalue weighted by Gasteiger charge is -2.34. The first kappa shape index (κ1) is 15.1. The minimum absolute atomic E-state index is 0.552. The minimum Gasteiger partial charge on any atom is -0.347 e. The maximum Gasteiger partial charge on any atom is 0.248 e. The summed E-state index contributed by atoms with van der Waals surface area (Å²) >= 11 is 0. The van der Waals surface area contributed by atoms with E-state index in [0.717, 1.165) is 0 Å². The van der Waals surface area contributed by atoms with Crippen LogP contribution in [0.5, 0.6) is 0 Å². The van der Waals surface area contributed by atoms with Gasteiger partial charge in [0.2, 0.25) is 19.4 Å². The average molecular weight is 275 g/mol. The number of aliphatic imine (C=N–C) groups is 1. The van der Waals surface area contributed by atoms with Crippen molar-refractivity contribution in [3.8, 4) is 0 Å². The molecule has 0 fully saturated rings. The molecule has 0 aromatic heterocycles. The second-order valence-corrected chi connectivity index (χ2v) is 7.12. The zero-order valence-electron chi connectivity index (χ0n) is 11.7. The van der Waals surface area contributed by atoms with Crippen molar-refractivity contribution < 1.29 is 0 Å². The van der Waals surface area contributed by atoms with Gasteiger partial charge in [0.15, 0.2) is 0 Å². The molecule has 9 nitrogen and oxygen atoms in total. The summed E-state index contributed by atoms with van der Waals surface area (Å²) in [4.78, 5) is 7.97. The number of hydrazine groups is 2. The molecule has 4 N–H and O–H groups in total. The van der Waals surface area contributed by atoms with Gasteiger partial charge in [-0.25, -0.2) is 0 Å². The lowest BCUT2D eigenvalue weighted by atomic mass is 10.7. The van der Waals surface area contributed by atoms with Crippen LogP contribution in [0.4, 0.5) is 0 Å². The molecule has 1 aliphatic rings. The zero-order valence-corrected chi connectivity index (χ0v) is 12.6. The van der Waals surface area contributed by atoms with Gasteiger partial charge in [0.1, 0.15) is 0 Å². The van der Waals surface area contributed by atoms with Crippen LogP contribution >= 0.6 is 7.51 Å². The van der Waals surface area contributed by atoms with Gasteiger partial charge in [0.05, 0.1) is 0 Å². The van der Waals surface area contributed by atoms with Gasteiger partial charge in [-0.15, -0.1) is 0 Å². The third kappa shape index (κ3) is 2.70. The van der Waals surface area contributed by atoms with Crippen molar-refractivity contribution >= 4 is 19.4 Å². The molecule has 1 rings (SSSR count). The molecule has 0 saturated heterocycles. The molecule has 0 atom stereocenters. The Kier molecular flexibility index (Phi) is 4.46. The van der Waals surface area contributed by atoms with Crippen molar-refractivity contribution in [1.82, 2.24) is 19.4 Å². The number of guanidine groups is 2. The Labute approximate surface area is 108 Å². The number of nitrogens with zero attached hydrogens (tertiary/aromatic N) is 7. The third-order valence-electron chi connectivity index (χ3n) is 2.29. The smallest absolute Gasteiger partial charge is 0.248 e. The first-order valence-electron chi connectivity index (χ1n) is 5.34. The molecule has 0 spiro atoms. The topological polar surface area (TPSA) is 102 Å². The molecular formula is C8H22N9P. The Morgan fingerprint density at radius 2 is 1.28 bits per heavy atom. The van der Waals surface area contributed by atoms with Crippen molar-refractivity contribution in [1.29, 1.82) is 0 Å². The maximum atomic E-state index is 5.90. The fraction of sp³-hybridized carbons (Fsp3) is 0.750. The number of hydrogen-bond donors (Lipinski definition) is 2. The summed E-state index contributed by atoms with van der Waals surface area (Å²) in [6, 6.07) is 0. The van der Waals surface area contributed by atoms with E-state index in [-0.39, 0.29) is 0 Å². The van der Waals surface area contributed by atoms with Crippen LogP contribution in [0.1, 0.15) is 0 Å². The zero-order chi connectivity index (χ0) is 14.1. The highest BCUT2D eigenvalue weighted by Crippen LogP contribution is 2.54. The first-order valence-corrected chi connectivity index (χ1v) is 6.94. The minimum atomic E-state index is -2.53. The Hall–Kier alpha value is -0.990. The highest BCUT2D eigenvalue weighted by molar-refractivity contribution is 7.60. The normalized spacial score (nSPS) is 18.3. The molecule has 0 aliphatic carbocycles. The molecule has 0 aromatic carbocycles. The lowest BCUT2D eigenvalue weighted by molar-refractivity contribution is 0.476. The number of hydrogen-bond acceptors (Lipinski definition) is 9. The van der Waals surface area contributed by atoms with E-state index in [1.54, 1.807) is 23.9 Å². The fourth-order valence-electron chi connectivity index (χ4n) is 1.28. The predicted molar refractivity (Wildman–Crippen MR) is 75.5 cm³/mol. The second-order valence-electron chi connectivity index (χ2n) is 4.38. The van der Waals surface area contributed by atoms with Gasteiger partial charge in [-0.05, 0) is 0 Å². The highest BCUT2D eigenvalue weighted by atomic mass is 31.2. The van der Waals surface area contributed by atoms with E-state index < -0.39 is 7.51 Å². The number of nitrogens with two attached hydrogens (primary N) is 2. The second kappa shape index (κ2) is 5.33. The molecule has 1 aliphatic heterocycles. The van der Waals surface area contributed by atoms with Crippen molar-refractivity contribution in [3.63, 3.8) is 0 Å². The van der Waals surface area contributed by atoms with Crippen LogP contribution in [0.15, 0.2) is 14.5 Å². The van der Waals surface area contributed by atoms with Crippen LogP contribution in [0.2, 0.25) is 0 Å². The van der Waals surface area contributed by atoms with Gasteiger partial charge in [-0.2, -0.15) is 24.1 Å². The van der Waals surface area contributed by atoms with Gasteiger partial charge in [-0.1, -0.05) is 0 Å². The molecule has 0 amide bonds. The van der Waals surface area contributed by atoms with E-state index in [2.05, 4.69) is 14.5 Å².